The van der Waals surface area contributed by atoms with Crippen molar-refractivity contribution in [3.8, 4) is 0 Å². The number of carbonyl (C=O) groups is 1. The van der Waals surface area contributed by atoms with Gasteiger partial charge in [0.05, 0.1) is 0 Å². The lowest BCUT2D eigenvalue weighted by Crippen LogP contribution is -2.37. The zero-order valence-electron chi connectivity index (χ0n) is 13.4. The van der Waals surface area contributed by atoms with E-state index in [0.717, 1.165) is 6.29 Å². The number of hydrogen-bond donors (Lipinski definition) is 0. The molecule has 0 saturated heterocycles. The molecule has 0 N–H and O–H groups in total. The third-order valence-electron chi connectivity index (χ3n) is 6.00. The molecule has 4 atom stereocenters. The van der Waals surface area contributed by atoms with Crippen LogP contribution in [0.1, 0.15) is 72.6 Å². The molecular weight excluding hydrogens is 232 g/mol. The van der Waals surface area contributed by atoms with Crippen molar-refractivity contribution in [3.05, 3.63) is 12.7 Å². The van der Waals surface area contributed by atoms with Gasteiger partial charge in [0, 0.05) is 6.42 Å². The molecule has 0 heterocycles. The van der Waals surface area contributed by atoms with E-state index in [2.05, 4.69) is 40.3 Å². The minimum Gasteiger partial charge on any atom is -0.303 e. The van der Waals surface area contributed by atoms with E-state index in [4.69, 9.17) is 0 Å². The van der Waals surface area contributed by atoms with E-state index in [1.165, 1.54) is 38.5 Å². The summed E-state index contributed by atoms with van der Waals surface area (Å²) in [5.74, 6) is 1.20. The van der Waals surface area contributed by atoms with Crippen LogP contribution in [-0.2, 0) is 4.79 Å². The third-order valence-corrected chi connectivity index (χ3v) is 6.00. The van der Waals surface area contributed by atoms with Crippen LogP contribution < -0.4 is 0 Å². The number of carbonyl (C=O) groups excluding carboxylic acids is 1. The molecule has 0 spiro atoms. The fourth-order valence-electron chi connectivity index (χ4n) is 3.96. The summed E-state index contributed by atoms with van der Waals surface area (Å²) in [5.41, 5.74) is 0.768. The molecule has 1 nitrogen and oxygen atoms in total. The van der Waals surface area contributed by atoms with Crippen molar-refractivity contribution in [2.24, 2.45) is 22.7 Å². The summed E-state index contributed by atoms with van der Waals surface area (Å²) in [5, 5.41) is 0. The molecule has 0 aliphatic heterocycles. The lowest BCUT2D eigenvalue weighted by molar-refractivity contribution is -0.109. The molecule has 0 aromatic carbocycles. The number of hydrogen-bond acceptors (Lipinski definition) is 1. The van der Waals surface area contributed by atoms with Gasteiger partial charge in [-0.25, -0.2) is 0 Å². The van der Waals surface area contributed by atoms with Crippen molar-refractivity contribution in [2.75, 3.05) is 0 Å². The second kappa shape index (κ2) is 6.72. The fourth-order valence-corrected chi connectivity index (χ4v) is 3.96. The Bertz CT molecular complexity index is 309. The van der Waals surface area contributed by atoms with Crippen LogP contribution in [0.5, 0.6) is 0 Å². The lowest BCUT2D eigenvalue weighted by Gasteiger charge is -2.47. The summed E-state index contributed by atoms with van der Waals surface area (Å²) in [6.45, 7) is 13.5. The molecule has 1 rings (SSSR count). The summed E-state index contributed by atoms with van der Waals surface area (Å²) in [7, 11) is 0. The van der Waals surface area contributed by atoms with Crippen LogP contribution in [0.3, 0.4) is 0 Å². The van der Waals surface area contributed by atoms with Crippen LogP contribution in [0.4, 0.5) is 0 Å². The Morgan fingerprint density at radius 3 is 2.32 bits per heavy atom. The standard InChI is InChI=1S/C18H32O/c1-6-16-8-11-17(4,7-2)18(5,12-9-16)14-15(3)10-13-19/h6,13,15-16H,1,7-12,14H2,2-5H3. The van der Waals surface area contributed by atoms with Crippen molar-refractivity contribution in [2.45, 2.75) is 72.6 Å². The number of allylic oxidation sites excluding steroid dienone is 1. The highest BCUT2D eigenvalue weighted by molar-refractivity contribution is 5.49. The van der Waals surface area contributed by atoms with Gasteiger partial charge in [0.2, 0.25) is 0 Å². The Balaban J connectivity index is 2.90. The molecule has 0 radical (unpaired) electrons. The zero-order chi connectivity index (χ0) is 14.5. The van der Waals surface area contributed by atoms with Gasteiger partial charge in [-0.2, -0.15) is 0 Å². The maximum Gasteiger partial charge on any atom is 0.120 e. The Labute approximate surface area is 119 Å². The van der Waals surface area contributed by atoms with Gasteiger partial charge in [0.25, 0.3) is 0 Å². The van der Waals surface area contributed by atoms with Crippen LogP contribution in [0, 0.1) is 22.7 Å². The first-order chi connectivity index (χ1) is 8.90. The van der Waals surface area contributed by atoms with Gasteiger partial charge in [-0.1, -0.05) is 40.2 Å². The van der Waals surface area contributed by atoms with E-state index >= 15 is 0 Å². The van der Waals surface area contributed by atoms with Crippen LogP contribution in [-0.4, -0.2) is 6.29 Å². The second-order valence-corrected chi connectivity index (χ2v) is 7.26. The normalized spacial score (nSPS) is 37.4. The first-order valence-electron chi connectivity index (χ1n) is 7.97. The van der Waals surface area contributed by atoms with Gasteiger partial charge in [0.15, 0.2) is 0 Å². The highest BCUT2D eigenvalue weighted by atomic mass is 16.1. The average molecular weight is 264 g/mol. The SMILES string of the molecule is C=CC1CCC(C)(CC)C(C)(CC(C)CC=O)CC1. The van der Waals surface area contributed by atoms with Crippen LogP contribution in [0.2, 0.25) is 0 Å². The highest BCUT2D eigenvalue weighted by Crippen LogP contribution is 2.55. The first kappa shape index (κ1) is 16.5. The minimum atomic E-state index is 0.363. The molecule has 1 heteroatoms. The molecular formula is C18H32O. The predicted octanol–water partition coefficient (Wildman–Crippen LogP) is 5.40. The summed E-state index contributed by atoms with van der Waals surface area (Å²) in [6.07, 6.45) is 11.5. The largest absolute Gasteiger partial charge is 0.303 e. The molecule has 0 amide bonds. The molecule has 1 aliphatic rings. The Morgan fingerprint density at radius 1 is 1.26 bits per heavy atom. The molecule has 1 fully saturated rings. The molecule has 0 aromatic rings. The Kier molecular flexibility index (Phi) is 5.82. The topological polar surface area (TPSA) is 17.1 Å². The molecule has 4 unspecified atom stereocenters. The van der Waals surface area contributed by atoms with E-state index in [9.17, 15) is 4.79 Å². The summed E-state index contributed by atoms with van der Waals surface area (Å²) < 4.78 is 0. The Morgan fingerprint density at radius 2 is 1.84 bits per heavy atom. The minimum absolute atomic E-state index is 0.363. The van der Waals surface area contributed by atoms with E-state index in [1.807, 2.05) is 0 Å². The van der Waals surface area contributed by atoms with Gasteiger partial charge < -0.3 is 4.79 Å². The second-order valence-electron chi connectivity index (χ2n) is 7.26. The lowest BCUT2D eigenvalue weighted by atomic mass is 9.58. The van der Waals surface area contributed by atoms with Crippen molar-refractivity contribution in [1.29, 1.82) is 0 Å². The molecule has 19 heavy (non-hydrogen) atoms. The van der Waals surface area contributed by atoms with Gasteiger partial charge >= 0.3 is 0 Å². The van der Waals surface area contributed by atoms with Crippen LogP contribution in [0.25, 0.3) is 0 Å². The summed E-state index contributed by atoms with van der Waals surface area (Å²) >= 11 is 0. The monoisotopic (exact) mass is 264 g/mol. The Hall–Kier alpha value is -0.590. The van der Waals surface area contributed by atoms with Crippen molar-refractivity contribution in [3.63, 3.8) is 0 Å². The summed E-state index contributed by atoms with van der Waals surface area (Å²) in [6, 6.07) is 0. The maximum atomic E-state index is 10.7. The molecule has 0 aromatic heterocycles. The van der Waals surface area contributed by atoms with Crippen LogP contribution in [0.15, 0.2) is 12.7 Å². The highest BCUT2D eigenvalue weighted by Gasteiger charge is 2.45. The number of aldehydes is 1. The van der Waals surface area contributed by atoms with E-state index < -0.39 is 0 Å². The predicted molar refractivity (Wildman–Crippen MR) is 83.1 cm³/mol. The summed E-state index contributed by atoms with van der Waals surface area (Å²) in [4.78, 5) is 10.7. The number of rotatable bonds is 6. The quantitative estimate of drug-likeness (QED) is 0.356. The van der Waals surface area contributed by atoms with Crippen molar-refractivity contribution < 1.29 is 4.79 Å². The van der Waals surface area contributed by atoms with Gasteiger partial charge in [0.1, 0.15) is 6.29 Å². The molecule has 1 aliphatic carbocycles. The van der Waals surface area contributed by atoms with Crippen molar-refractivity contribution >= 4 is 6.29 Å². The maximum absolute atomic E-state index is 10.7. The first-order valence-corrected chi connectivity index (χ1v) is 7.97. The van der Waals surface area contributed by atoms with Gasteiger partial charge in [-0.15, -0.1) is 6.58 Å². The fraction of sp³-hybridized carbons (Fsp3) is 0.833. The average Bonchev–Trinajstić information content (AvgIpc) is 2.49. The molecule has 110 valence electrons. The van der Waals surface area contributed by atoms with E-state index in [-0.39, 0.29) is 0 Å². The van der Waals surface area contributed by atoms with E-state index in [1.54, 1.807) is 0 Å². The van der Waals surface area contributed by atoms with Crippen molar-refractivity contribution in [1.82, 2.24) is 0 Å². The molecule has 0 bridgehead atoms. The van der Waals surface area contributed by atoms with Gasteiger partial charge in [-0.05, 0) is 54.8 Å². The smallest absolute Gasteiger partial charge is 0.120 e. The third kappa shape index (κ3) is 3.70. The van der Waals surface area contributed by atoms with Gasteiger partial charge in [-0.3, -0.25) is 0 Å². The van der Waals surface area contributed by atoms with Crippen LogP contribution >= 0.6 is 0 Å². The molecule has 1 saturated carbocycles. The zero-order valence-corrected chi connectivity index (χ0v) is 13.4. The van der Waals surface area contributed by atoms with E-state index in [0.29, 0.717) is 29.1 Å².